The first-order chi connectivity index (χ1) is 9.50. The number of fused-ring (bicyclic) bond motifs is 3. The lowest BCUT2D eigenvalue weighted by molar-refractivity contribution is -0.385. The SMILES string of the molecule is O=C(O)[C@@H]1Nc2c(Cl)ccc([N+](=O)[O-])c2[C@@H]2C=CC[C@@H]12. The van der Waals surface area contributed by atoms with Crippen LogP contribution in [0.4, 0.5) is 11.4 Å². The molecule has 3 rings (SSSR count). The van der Waals surface area contributed by atoms with Crippen LogP contribution in [0.3, 0.4) is 0 Å². The number of halogens is 1. The van der Waals surface area contributed by atoms with Crippen molar-refractivity contribution < 1.29 is 14.8 Å². The standard InChI is InChI=1S/C13H11ClN2O4/c14-8-4-5-9(16(19)20)10-6-2-1-3-7(6)11(13(17)18)15-12(8)10/h1-2,4-7,11,15H,3H2,(H,17,18)/t6-,7-,11-/m1/s1. The Kier molecular flexibility index (Phi) is 2.90. The predicted octanol–water partition coefficient (Wildman–Crippen LogP) is 2.79. The van der Waals surface area contributed by atoms with Crippen LogP contribution in [-0.2, 0) is 4.79 Å². The van der Waals surface area contributed by atoms with E-state index >= 15 is 0 Å². The predicted molar refractivity (Wildman–Crippen MR) is 73.1 cm³/mol. The molecule has 0 unspecified atom stereocenters. The minimum absolute atomic E-state index is 0.0257. The molecule has 0 spiro atoms. The molecule has 0 radical (unpaired) electrons. The summed E-state index contributed by atoms with van der Waals surface area (Å²) in [6.45, 7) is 0. The number of carbonyl (C=O) groups is 1. The molecule has 20 heavy (non-hydrogen) atoms. The van der Waals surface area contributed by atoms with E-state index in [1.54, 1.807) is 0 Å². The van der Waals surface area contributed by atoms with E-state index in [2.05, 4.69) is 5.32 Å². The van der Waals surface area contributed by atoms with Gasteiger partial charge in [-0.15, -0.1) is 0 Å². The summed E-state index contributed by atoms with van der Waals surface area (Å²) in [6, 6.07) is 2.00. The highest BCUT2D eigenvalue weighted by molar-refractivity contribution is 6.33. The highest BCUT2D eigenvalue weighted by Gasteiger charge is 2.44. The fourth-order valence-corrected chi connectivity index (χ4v) is 3.28. The number of aliphatic carboxylic acids is 1. The van der Waals surface area contributed by atoms with Crippen molar-refractivity contribution in [3.63, 3.8) is 0 Å². The summed E-state index contributed by atoms with van der Waals surface area (Å²) >= 11 is 6.08. The zero-order valence-electron chi connectivity index (χ0n) is 10.2. The topological polar surface area (TPSA) is 92.5 Å². The molecule has 3 atom stereocenters. The third kappa shape index (κ3) is 1.76. The Balaban J connectivity index is 2.22. The number of nitro benzene ring substituents is 1. The summed E-state index contributed by atoms with van der Waals surface area (Å²) < 4.78 is 0. The van der Waals surface area contributed by atoms with Crippen molar-refractivity contribution in [3.05, 3.63) is 45.0 Å². The fraction of sp³-hybridized carbons (Fsp3) is 0.308. The quantitative estimate of drug-likeness (QED) is 0.497. The molecular weight excluding hydrogens is 284 g/mol. The molecule has 0 saturated carbocycles. The zero-order valence-corrected chi connectivity index (χ0v) is 11.0. The largest absolute Gasteiger partial charge is 0.480 e. The molecule has 2 N–H and O–H groups in total. The number of nitrogens with zero attached hydrogens (tertiary/aromatic N) is 1. The summed E-state index contributed by atoms with van der Waals surface area (Å²) in [5.74, 6) is -1.49. The monoisotopic (exact) mass is 294 g/mol. The van der Waals surface area contributed by atoms with Crippen molar-refractivity contribution in [1.82, 2.24) is 0 Å². The highest BCUT2D eigenvalue weighted by atomic mass is 35.5. The van der Waals surface area contributed by atoms with Gasteiger partial charge < -0.3 is 10.4 Å². The first-order valence-corrected chi connectivity index (χ1v) is 6.51. The van der Waals surface area contributed by atoms with E-state index in [0.717, 1.165) is 0 Å². The molecule has 2 aliphatic rings. The van der Waals surface area contributed by atoms with Gasteiger partial charge in [-0.2, -0.15) is 0 Å². The lowest BCUT2D eigenvalue weighted by Gasteiger charge is -2.34. The van der Waals surface area contributed by atoms with Crippen molar-refractivity contribution in [2.45, 2.75) is 18.4 Å². The average molecular weight is 295 g/mol. The Labute approximate surface area is 119 Å². The van der Waals surface area contributed by atoms with E-state index in [1.165, 1.54) is 12.1 Å². The van der Waals surface area contributed by atoms with Gasteiger partial charge in [0.05, 0.1) is 21.2 Å². The minimum Gasteiger partial charge on any atom is -0.480 e. The van der Waals surface area contributed by atoms with Crippen LogP contribution in [0.25, 0.3) is 0 Å². The molecule has 104 valence electrons. The molecule has 0 fully saturated rings. The second-order valence-electron chi connectivity index (χ2n) is 4.93. The zero-order chi connectivity index (χ0) is 14.4. The Morgan fingerprint density at radius 3 is 2.90 bits per heavy atom. The van der Waals surface area contributed by atoms with Crippen LogP contribution in [0, 0.1) is 16.0 Å². The number of benzene rings is 1. The summed E-state index contributed by atoms with van der Waals surface area (Å²) in [6.07, 6.45) is 4.29. The van der Waals surface area contributed by atoms with E-state index in [0.29, 0.717) is 22.7 Å². The molecular formula is C13H11ClN2O4. The Morgan fingerprint density at radius 1 is 1.50 bits per heavy atom. The third-order valence-electron chi connectivity index (χ3n) is 3.91. The first-order valence-electron chi connectivity index (χ1n) is 6.13. The summed E-state index contributed by atoms with van der Waals surface area (Å²) in [7, 11) is 0. The Bertz CT molecular complexity index is 644. The number of carboxylic acids is 1. The number of hydrogen-bond acceptors (Lipinski definition) is 4. The van der Waals surface area contributed by atoms with Gasteiger partial charge in [-0.05, 0) is 12.5 Å². The van der Waals surface area contributed by atoms with Gasteiger partial charge in [0, 0.05) is 17.9 Å². The van der Waals surface area contributed by atoms with Crippen molar-refractivity contribution in [3.8, 4) is 0 Å². The summed E-state index contributed by atoms with van der Waals surface area (Å²) in [5, 5.41) is 23.7. The van der Waals surface area contributed by atoms with E-state index in [4.69, 9.17) is 11.6 Å². The van der Waals surface area contributed by atoms with E-state index in [-0.39, 0.29) is 17.5 Å². The Morgan fingerprint density at radius 2 is 2.25 bits per heavy atom. The second-order valence-corrected chi connectivity index (χ2v) is 5.33. The molecule has 0 aromatic heterocycles. The highest BCUT2D eigenvalue weighted by Crippen LogP contribution is 2.50. The van der Waals surface area contributed by atoms with Gasteiger partial charge in [-0.25, -0.2) is 4.79 Å². The van der Waals surface area contributed by atoms with Crippen LogP contribution in [0.15, 0.2) is 24.3 Å². The van der Waals surface area contributed by atoms with Gasteiger partial charge in [0.15, 0.2) is 0 Å². The summed E-state index contributed by atoms with van der Waals surface area (Å²) in [5.41, 5.74) is 0.821. The number of hydrogen-bond donors (Lipinski definition) is 2. The molecule has 1 aromatic rings. The van der Waals surface area contributed by atoms with Crippen molar-refractivity contribution in [2.24, 2.45) is 5.92 Å². The second kappa shape index (κ2) is 4.49. The number of allylic oxidation sites excluding steroid dienone is 2. The molecule has 1 aromatic carbocycles. The molecule has 1 heterocycles. The van der Waals surface area contributed by atoms with E-state index in [9.17, 15) is 20.0 Å². The van der Waals surface area contributed by atoms with E-state index in [1.807, 2.05) is 12.2 Å². The van der Waals surface area contributed by atoms with Crippen molar-refractivity contribution in [1.29, 1.82) is 0 Å². The van der Waals surface area contributed by atoms with Crippen LogP contribution in [-0.4, -0.2) is 22.0 Å². The maximum atomic E-state index is 11.4. The van der Waals surface area contributed by atoms with Gasteiger partial charge in [0.1, 0.15) is 6.04 Å². The molecule has 0 amide bonds. The van der Waals surface area contributed by atoms with Gasteiger partial charge in [-0.3, -0.25) is 10.1 Å². The van der Waals surface area contributed by atoms with E-state index < -0.39 is 16.9 Å². The number of nitro groups is 1. The summed E-state index contributed by atoms with van der Waals surface area (Å²) in [4.78, 5) is 22.1. The average Bonchev–Trinajstić information content (AvgIpc) is 2.86. The maximum absolute atomic E-state index is 11.4. The number of nitrogens with one attached hydrogen (secondary N) is 1. The van der Waals surface area contributed by atoms with Gasteiger partial charge in [0.25, 0.3) is 5.69 Å². The fourth-order valence-electron chi connectivity index (χ4n) is 3.06. The lowest BCUT2D eigenvalue weighted by Crippen LogP contribution is -2.42. The molecule has 0 saturated heterocycles. The van der Waals surface area contributed by atoms with Crippen molar-refractivity contribution >= 4 is 28.9 Å². The Hall–Kier alpha value is -2.08. The smallest absolute Gasteiger partial charge is 0.326 e. The molecule has 0 bridgehead atoms. The molecule has 7 heteroatoms. The molecule has 6 nitrogen and oxygen atoms in total. The molecule has 1 aliphatic carbocycles. The first kappa shape index (κ1) is 12.9. The van der Waals surface area contributed by atoms with Crippen LogP contribution < -0.4 is 5.32 Å². The van der Waals surface area contributed by atoms with Gasteiger partial charge in [0.2, 0.25) is 0 Å². The number of rotatable bonds is 2. The van der Waals surface area contributed by atoms with Gasteiger partial charge >= 0.3 is 5.97 Å². The number of anilines is 1. The van der Waals surface area contributed by atoms with Crippen molar-refractivity contribution in [2.75, 3.05) is 5.32 Å². The maximum Gasteiger partial charge on any atom is 0.326 e. The van der Waals surface area contributed by atoms with Crippen LogP contribution in [0.1, 0.15) is 17.9 Å². The molecule has 1 aliphatic heterocycles. The van der Waals surface area contributed by atoms with Gasteiger partial charge in [-0.1, -0.05) is 23.8 Å². The van der Waals surface area contributed by atoms with Crippen LogP contribution >= 0.6 is 11.6 Å². The lowest BCUT2D eigenvalue weighted by atomic mass is 9.78. The number of carboxylic acid groups (broad SMARTS) is 1. The third-order valence-corrected chi connectivity index (χ3v) is 4.22. The normalized spacial score (nSPS) is 26.6. The van der Waals surface area contributed by atoms with Crippen LogP contribution in [0.5, 0.6) is 0 Å². The minimum atomic E-state index is -0.975. The van der Waals surface area contributed by atoms with Crippen LogP contribution in [0.2, 0.25) is 5.02 Å².